The standard InChI is InChI=1S/C14H15N3O3/c1-10(9-17-7-3-6-15-17)16-13(18)11-4-2-5-12(8-11)14(19)20/h2-8,10H,9H2,1H3,(H,16,18)(H,19,20). The van der Waals surface area contributed by atoms with Crippen molar-refractivity contribution in [3.63, 3.8) is 0 Å². The Bertz CT molecular complexity index is 608. The van der Waals surface area contributed by atoms with Crippen molar-refractivity contribution < 1.29 is 14.7 Å². The Morgan fingerprint density at radius 1 is 1.35 bits per heavy atom. The maximum atomic E-state index is 12.0. The van der Waals surface area contributed by atoms with E-state index in [2.05, 4.69) is 10.4 Å². The summed E-state index contributed by atoms with van der Waals surface area (Å²) in [7, 11) is 0. The van der Waals surface area contributed by atoms with Crippen LogP contribution in [0.15, 0.2) is 42.7 Å². The topological polar surface area (TPSA) is 84.2 Å². The average molecular weight is 273 g/mol. The third-order valence-electron chi connectivity index (χ3n) is 2.77. The molecule has 6 nitrogen and oxygen atoms in total. The second-order valence-corrected chi connectivity index (χ2v) is 4.49. The minimum Gasteiger partial charge on any atom is -0.478 e. The summed E-state index contributed by atoms with van der Waals surface area (Å²) < 4.78 is 1.72. The van der Waals surface area contributed by atoms with E-state index < -0.39 is 5.97 Å². The van der Waals surface area contributed by atoms with Crippen LogP contribution in [-0.4, -0.2) is 32.8 Å². The fraction of sp³-hybridized carbons (Fsp3) is 0.214. The summed E-state index contributed by atoms with van der Waals surface area (Å²) in [6.07, 6.45) is 3.48. The number of carbonyl (C=O) groups is 2. The normalized spacial score (nSPS) is 11.8. The molecule has 0 radical (unpaired) electrons. The highest BCUT2D eigenvalue weighted by atomic mass is 16.4. The zero-order chi connectivity index (χ0) is 14.5. The van der Waals surface area contributed by atoms with Gasteiger partial charge in [0.05, 0.1) is 12.1 Å². The van der Waals surface area contributed by atoms with Crippen molar-refractivity contribution in [1.82, 2.24) is 15.1 Å². The summed E-state index contributed by atoms with van der Waals surface area (Å²) in [5.41, 5.74) is 0.426. The highest BCUT2D eigenvalue weighted by Gasteiger charge is 2.12. The molecule has 1 unspecified atom stereocenters. The van der Waals surface area contributed by atoms with Gasteiger partial charge in [0.1, 0.15) is 0 Å². The van der Waals surface area contributed by atoms with Crippen molar-refractivity contribution in [2.75, 3.05) is 0 Å². The van der Waals surface area contributed by atoms with Crippen molar-refractivity contribution in [1.29, 1.82) is 0 Å². The first-order valence-corrected chi connectivity index (χ1v) is 6.18. The van der Waals surface area contributed by atoms with Crippen LogP contribution < -0.4 is 5.32 Å². The van der Waals surface area contributed by atoms with Gasteiger partial charge in [0.25, 0.3) is 5.91 Å². The molecule has 0 aliphatic carbocycles. The van der Waals surface area contributed by atoms with E-state index in [4.69, 9.17) is 5.11 Å². The Morgan fingerprint density at radius 2 is 2.10 bits per heavy atom. The highest BCUT2D eigenvalue weighted by Crippen LogP contribution is 2.06. The number of carbonyl (C=O) groups excluding carboxylic acids is 1. The first-order chi connectivity index (χ1) is 9.56. The number of aromatic carboxylic acids is 1. The van der Waals surface area contributed by atoms with Crippen molar-refractivity contribution in [3.8, 4) is 0 Å². The summed E-state index contributed by atoms with van der Waals surface area (Å²) in [5, 5.41) is 15.8. The minimum atomic E-state index is -1.05. The van der Waals surface area contributed by atoms with E-state index in [0.717, 1.165) is 0 Å². The summed E-state index contributed by atoms with van der Waals surface area (Å²) in [6, 6.07) is 7.64. The van der Waals surface area contributed by atoms with Gasteiger partial charge in [0, 0.05) is 24.0 Å². The van der Waals surface area contributed by atoms with E-state index >= 15 is 0 Å². The molecule has 1 aromatic carbocycles. The Morgan fingerprint density at radius 3 is 2.75 bits per heavy atom. The predicted octanol–water partition coefficient (Wildman–Crippen LogP) is 1.40. The molecule has 2 aromatic rings. The van der Waals surface area contributed by atoms with Crippen LogP contribution in [0.2, 0.25) is 0 Å². The number of nitrogens with zero attached hydrogens (tertiary/aromatic N) is 2. The van der Waals surface area contributed by atoms with Crippen LogP contribution in [0.3, 0.4) is 0 Å². The number of aromatic nitrogens is 2. The monoisotopic (exact) mass is 273 g/mol. The van der Waals surface area contributed by atoms with E-state index in [1.54, 1.807) is 23.0 Å². The molecule has 104 valence electrons. The number of carboxylic acid groups (broad SMARTS) is 1. The van der Waals surface area contributed by atoms with Gasteiger partial charge in [-0.1, -0.05) is 6.07 Å². The number of nitrogens with one attached hydrogen (secondary N) is 1. The smallest absolute Gasteiger partial charge is 0.335 e. The number of amides is 1. The van der Waals surface area contributed by atoms with Crippen LogP contribution in [0.4, 0.5) is 0 Å². The molecule has 6 heteroatoms. The lowest BCUT2D eigenvalue weighted by Gasteiger charge is -2.14. The maximum absolute atomic E-state index is 12.0. The number of hydrogen-bond acceptors (Lipinski definition) is 3. The lowest BCUT2D eigenvalue weighted by Crippen LogP contribution is -2.35. The van der Waals surface area contributed by atoms with E-state index in [9.17, 15) is 9.59 Å². The Hall–Kier alpha value is -2.63. The Kier molecular flexibility index (Phi) is 4.14. The van der Waals surface area contributed by atoms with E-state index in [-0.39, 0.29) is 17.5 Å². The molecule has 20 heavy (non-hydrogen) atoms. The quantitative estimate of drug-likeness (QED) is 0.862. The fourth-order valence-corrected chi connectivity index (χ4v) is 1.84. The zero-order valence-electron chi connectivity index (χ0n) is 11.0. The van der Waals surface area contributed by atoms with Crippen molar-refractivity contribution in [2.24, 2.45) is 0 Å². The molecule has 1 amide bonds. The van der Waals surface area contributed by atoms with E-state index in [0.29, 0.717) is 12.1 Å². The minimum absolute atomic E-state index is 0.0948. The molecule has 1 heterocycles. The number of carboxylic acids is 1. The van der Waals surface area contributed by atoms with Gasteiger partial charge in [-0.15, -0.1) is 0 Å². The lowest BCUT2D eigenvalue weighted by atomic mass is 10.1. The molecule has 2 N–H and O–H groups in total. The Labute approximate surface area is 116 Å². The molecule has 1 aromatic heterocycles. The molecular weight excluding hydrogens is 258 g/mol. The molecular formula is C14H15N3O3. The SMILES string of the molecule is CC(Cn1cccn1)NC(=O)c1cccc(C(=O)O)c1. The van der Waals surface area contributed by atoms with Crippen LogP contribution in [0.1, 0.15) is 27.6 Å². The number of rotatable bonds is 5. The van der Waals surface area contributed by atoms with Gasteiger partial charge in [0.2, 0.25) is 0 Å². The van der Waals surface area contributed by atoms with Gasteiger partial charge in [-0.05, 0) is 31.2 Å². The summed E-state index contributed by atoms with van der Waals surface area (Å²) in [6.45, 7) is 2.41. The van der Waals surface area contributed by atoms with E-state index in [1.165, 1.54) is 12.1 Å². The van der Waals surface area contributed by atoms with Gasteiger partial charge in [-0.3, -0.25) is 9.48 Å². The van der Waals surface area contributed by atoms with Crippen molar-refractivity contribution in [2.45, 2.75) is 19.5 Å². The molecule has 0 saturated carbocycles. The van der Waals surface area contributed by atoms with Crippen LogP contribution >= 0.6 is 0 Å². The van der Waals surface area contributed by atoms with E-state index in [1.807, 2.05) is 19.2 Å². The molecule has 2 rings (SSSR count). The Balaban J connectivity index is 2.00. The van der Waals surface area contributed by atoms with Gasteiger partial charge >= 0.3 is 5.97 Å². The van der Waals surface area contributed by atoms with Crippen LogP contribution in [0, 0.1) is 0 Å². The zero-order valence-corrected chi connectivity index (χ0v) is 11.0. The summed E-state index contributed by atoms with van der Waals surface area (Å²) >= 11 is 0. The number of benzene rings is 1. The average Bonchev–Trinajstić information content (AvgIpc) is 2.91. The molecule has 0 saturated heterocycles. The van der Waals surface area contributed by atoms with Crippen molar-refractivity contribution in [3.05, 3.63) is 53.9 Å². The summed E-state index contributed by atoms with van der Waals surface area (Å²) in [5.74, 6) is -1.35. The molecule has 0 spiro atoms. The summed E-state index contributed by atoms with van der Waals surface area (Å²) in [4.78, 5) is 22.9. The van der Waals surface area contributed by atoms with Crippen LogP contribution in [-0.2, 0) is 6.54 Å². The highest BCUT2D eigenvalue weighted by molar-refractivity contribution is 5.97. The van der Waals surface area contributed by atoms with Crippen LogP contribution in [0.25, 0.3) is 0 Å². The van der Waals surface area contributed by atoms with Crippen molar-refractivity contribution >= 4 is 11.9 Å². The van der Waals surface area contributed by atoms with Crippen LogP contribution in [0.5, 0.6) is 0 Å². The predicted molar refractivity (Wildman–Crippen MR) is 72.6 cm³/mol. The van der Waals surface area contributed by atoms with Gasteiger partial charge in [-0.25, -0.2) is 4.79 Å². The first kappa shape index (κ1) is 13.8. The molecule has 0 aliphatic heterocycles. The molecule has 1 atom stereocenters. The van der Waals surface area contributed by atoms with Gasteiger partial charge < -0.3 is 10.4 Å². The third-order valence-corrected chi connectivity index (χ3v) is 2.77. The van der Waals surface area contributed by atoms with Gasteiger partial charge in [0.15, 0.2) is 0 Å². The molecule has 0 fully saturated rings. The first-order valence-electron chi connectivity index (χ1n) is 6.18. The van der Waals surface area contributed by atoms with Gasteiger partial charge in [-0.2, -0.15) is 5.10 Å². The molecule has 0 aliphatic rings. The lowest BCUT2D eigenvalue weighted by molar-refractivity contribution is 0.0697. The fourth-order valence-electron chi connectivity index (χ4n) is 1.84. The largest absolute Gasteiger partial charge is 0.478 e. The second kappa shape index (κ2) is 6.01. The number of hydrogen-bond donors (Lipinski definition) is 2. The maximum Gasteiger partial charge on any atom is 0.335 e. The third kappa shape index (κ3) is 3.44. The second-order valence-electron chi connectivity index (χ2n) is 4.49. The molecule has 0 bridgehead atoms.